The maximum atomic E-state index is 13.6. The molecule has 7 nitrogen and oxygen atoms in total. The zero-order chi connectivity index (χ0) is 26.8. The number of halogens is 3. The highest BCUT2D eigenvalue weighted by atomic mass is 28.3. The van der Waals surface area contributed by atoms with E-state index in [0.717, 1.165) is 5.56 Å². The zero-order valence-electron chi connectivity index (χ0n) is 20.9. The lowest BCUT2D eigenvalue weighted by Gasteiger charge is -2.21. The van der Waals surface area contributed by atoms with Crippen LogP contribution in [-0.4, -0.2) is 53.5 Å². The van der Waals surface area contributed by atoms with Crippen molar-refractivity contribution in [1.82, 2.24) is 15.0 Å². The summed E-state index contributed by atoms with van der Waals surface area (Å²) in [6.07, 6.45) is -2.65. The normalized spacial score (nSPS) is 15.8. The Morgan fingerprint density at radius 1 is 1.14 bits per heavy atom. The Balaban J connectivity index is 1.41. The summed E-state index contributed by atoms with van der Waals surface area (Å²) >= 11 is 0. The van der Waals surface area contributed by atoms with Gasteiger partial charge in [-0.3, -0.25) is 9.78 Å². The number of carboxylic acids is 1. The second kappa shape index (κ2) is 10.3. The second-order valence-corrected chi connectivity index (χ2v) is 16.2. The van der Waals surface area contributed by atoms with E-state index in [1.807, 2.05) is 12.1 Å². The molecule has 198 valence electrons. The summed E-state index contributed by atoms with van der Waals surface area (Å²) in [6, 6.07) is 11.2. The van der Waals surface area contributed by atoms with Crippen molar-refractivity contribution >= 4 is 14.0 Å². The van der Waals surface area contributed by atoms with E-state index < -0.39 is 31.7 Å². The lowest BCUT2D eigenvalue weighted by Crippen LogP contribution is -2.27. The number of H-pyrrole nitrogens is 1. The van der Waals surface area contributed by atoms with E-state index in [2.05, 4.69) is 34.6 Å². The number of hydrogen-bond donors (Lipinski definition) is 2. The van der Waals surface area contributed by atoms with Gasteiger partial charge in [0, 0.05) is 38.2 Å². The SMILES string of the molecule is C[Si](C)(C)CCOC(c1c[nH]c(-c2ccc(-c3ccc(OCC4(C(=O)O)CC4)cc3)nc2)n1)C(F)(F)F. The van der Waals surface area contributed by atoms with Gasteiger partial charge in [0.25, 0.3) is 0 Å². The Morgan fingerprint density at radius 3 is 2.35 bits per heavy atom. The fraction of sp³-hybridized carbons (Fsp3) is 0.423. The number of aliphatic carboxylic acids is 1. The molecule has 0 radical (unpaired) electrons. The third-order valence-electron chi connectivity index (χ3n) is 6.31. The first-order valence-electron chi connectivity index (χ1n) is 12.0. The van der Waals surface area contributed by atoms with Crippen LogP contribution in [0.25, 0.3) is 22.6 Å². The van der Waals surface area contributed by atoms with Crippen molar-refractivity contribution in [1.29, 1.82) is 0 Å². The number of nitrogens with zero attached hydrogens (tertiary/aromatic N) is 2. The number of carbonyl (C=O) groups is 1. The molecule has 1 aliphatic rings. The van der Waals surface area contributed by atoms with Gasteiger partial charge in [0.2, 0.25) is 0 Å². The monoisotopic (exact) mass is 533 g/mol. The van der Waals surface area contributed by atoms with Crippen molar-refractivity contribution in [2.75, 3.05) is 13.2 Å². The minimum absolute atomic E-state index is 0.0304. The lowest BCUT2D eigenvalue weighted by molar-refractivity contribution is -0.223. The molecule has 2 aromatic heterocycles. The van der Waals surface area contributed by atoms with Gasteiger partial charge in [-0.05, 0) is 55.3 Å². The van der Waals surface area contributed by atoms with Gasteiger partial charge in [-0.1, -0.05) is 19.6 Å². The molecule has 0 amide bonds. The smallest absolute Gasteiger partial charge is 0.420 e. The summed E-state index contributed by atoms with van der Waals surface area (Å²) < 4.78 is 51.8. The average Bonchev–Trinajstić information content (AvgIpc) is 3.49. The Kier molecular flexibility index (Phi) is 7.47. The van der Waals surface area contributed by atoms with Crippen LogP contribution in [0.3, 0.4) is 0 Å². The van der Waals surface area contributed by atoms with Crippen molar-refractivity contribution in [3.8, 4) is 28.4 Å². The van der Waals surface area contributed by atoms with Crippen LogP contribution in [0, 0.1) is 5.41 Å². The molecular weight excluding hydrogens is 503 g/mol. The third-order valence-corrected chi connectivity index (χ3v) is 8.01. The fourth-order valence-corrected chi connectivity index (χ4v) is 4.40. The molecule has 37 heavy (non-hydrogen) atoms. The summed E-state index contributed by atoms with van der Waals surface area (Å²) in [7, 11) is -1.54. The molecule has 1 fully saturated rings. The van der Waals surface area contributed by atoms with Gasteiger partial charge >= 0.3 is 12.1 Å². The summed E-state index contributed by atoms with van der Waals surface area (Å²) in [6.45, 7) is 6.41. The topological polar surface area (TPSA) is 97.3 Å². The van der Waals surface area contributed by atoms with Crippen molar-refractivity contribution in [3.05, 3.63) is 54.5 Å². The zero-order valence-corrected chi connectivity index (χ0v) is 21.9. The lowest BCUT2D eigenvalue weighted by atomic mass is 10.1. The Labute approximate surface area is 214 Å². The number of carboxylic acid groups (broad SMARTS) is 1. The summed E-state index contributed by atoms with van der Waals surface area (Å²) in [5.41, 5.74) is 1.04. The number of pyridine rings is 1. The highest BCUT2D eigenvalue weighted by Crippen LogP contribution is 2.46. The molecule has 0 aliphatic heterocycles. The summed E-state index contributed by atoms with van der Waals surface area (Å²) in [5.74, 6) is 0.0103. The molecular formula is C26H30F3N3O4Si. The molecule has 1 unspecified atom stereocenters. The molecule has 2 heterocycles. The number of rotatable bonds is 11. The highest BCUT2D eigenvalue weighted by molar-refractivity contribution is 6.76. The number of aromatic amines is 1. The minimum Gasteiger partial charge on any atom is -0.492 e. The number of alkyl halides is 3. The van der Waals surface area contributed by atoms with Gasteiger partial charge in [-0.25, -0.2) is 4.98 Å². The van der Waals surface area contributed by atoms with Crippen LogP contribution >= 0.6 is 0 Å². The number of benzene rings is 1. The largest absolute Gasteiger partial charge is 0.492 e. The summed E-state index contributed by atoms with van der Waals surface area (Å²) in [4.78, 5) is 22.7. The predicted molar refractivity (Wildman–Crippen MR) is 135 cm³/mol. The molecule has 1 saturated carbocycles. The van der Waals surface area contributed by atoms with Gasteiger partial charge in [0.1, 0.15) is 23.6 Å². The molecule has 2 N–H and O–H groups in total. The van der Waals surface area contributed by atoms with E-state index >= 15 is 0 Å². The van der Waals surface area contributed by atoms with Crippen molar-refractivity contribution in [2.45, 2.75) is 50.8 Å². The van der Waals surface area contributed by atoms with Crippen LogP contribution < -0.4 is 4.74 Å². The predicted octanol–water partition coefficient (Wildman–Crippen LogP) is 6.34. The first kappa shape index (κ1) is 26.9. The van der Waals surface area contributed by atoms with Gasteiger partial charge in [0.05, 0.1) is 11.4 Å². The number of hydrogen-bond acceptors (Lipinski definition) is 5. The van der Waals surface area contributed by atoms with E-state index in [0.29, 0.717) is 35.9 Å². The Hall–Kier alpha value is -3.18. The number of ether oxygens (including phenoxy) is 2. The van der Waals surface area contributed by atoms with Crippen molar-refractivity contribution < 1.29 is 32.5 Å². The standard InChI is InChI=1S/C26H30F3N3O4Si/c1-37(2,3)13-12-35-22(26(27,28)29)21-15-31-23(32-21)18-6-9-20(30-14-18)17-4-7-19(8-5-17)36-16-25(10-11-25)24(33)34/h4-9,14-15,22H,10-13,16H2,1-3H3,(H,31,32)(H,33,34). The highest BCUT2D eigenvalue weighted by Gasteiger charge is 2.51. The fourth-order valence-electron chi connectivity index (χ4n) is 3.67. The van der Waals surface area contributed by atoms with E-state index in [9.17, 15) is 23.1 Å². The van der Waals surface area contributed by atoms with Crippen LogP contribution in [0.4, 0.5) is 13.2 Å². The van der Waals surface area contributed by atoms with Gasteiger partial charge in [-0.2, -0.15) is 13.2 Å². The molecule has 3 aromatic rings. The maximum absolute atomic E-state index is 13.6. The molecule has 0 saturated heterocycles. The molecule has 0 bridgehead atoms. The van der Waals surface area contributed by atoms with Crippen LogP contribution in [0.15, 0.2) is 48.8 Å². The quantitative estimate of drug-likeness (QED) is 0.279. The molecule has 4 rings (SSSR count). The number of aromatic nitrogens is 3. The average molecular weight is 534 g/mol. The number of imidazole rings is 1. The van der Waals surface area contributed by atoms with Crippen LogP contribution in [0.2, 0.25) is 25.7 Å². The van der Waals surface area contributed by atoms with Crippen molar-refractivity contribution in [3.63, 3.8) is 0 Å². The molecule has 11 heteroatoms. The van der Waals surface area contributed by atoms with Crippen LogP contribution in [0.5, 0.6) is 5.75 Å². The Morgan fingerprint density at radius 2 is 1.81 bits per heavy atom. The first-order chi connectivity index (χ1) is 17.4. The van der Waals surface area contributed by atoms with Crippen LogP contribution in [0.1, 0.15) is 24.6 Å². The summed E-state index contributed by atoms with van der Waals surface area (Å²) in [5, 5.41) is 9.25. The second-order valence-electron chi connectivity index (χ2n) is 10.6. The third kappa shape index (κ3) is 6.78. The number of nitrogens with one attached hydrogen (secondary N) is 1. The maximum Gasteiger partial charge on any atom is 0.420 e. The van der Waals surface area contributed by atoms with Gasteiger partial charge in [-0.15, -0.1) is 0 Å². The van der Waals surface area contributed by atoms with Gasteiger partial charge in [0.15, 0.2) is 6.10 Å². The van der Waals surface area contributed by atoms with Crippen molar-refractivity contribution in [2.24, 2.45) is 5.41 Å². The minimum atomic E-state index is -4.57. The molecule has 1 aromatic carbocycles. The molecule has 1 aliphatic carbocycles. The van der Waals surface area contributed by atoms with Gasteiger partial charge < -0.3 is 19.6 Å². The molecule has 1 atom stereocenters. The van der Waals surface area contributed by atoms with E-state index in [4.69, 9.17) is 9.47 Å². The first-order valence-corrected chi connectivity index (χ1v) is 15.7. The Bertz CT molecular complexity index is 1220. The van der Waals surface area contributed by atoms with E-state index in [1.54, 1.807) is 30.5 Å². The molecule has 0 spiro atoms. The van der Waals surface area contributed by atoms with E-state index in [1.165, 1.54) is 6.20 Å². The van der Waals surface area contributed by atoms with Crippen LogP contribution in [-0.2, 0) is 9.53 Å². The van der Waals surface area contributed by atoms with E-state index in [-0.39, 0.29) is 24.7 Å².